The first-order chi connectivity index (χ1) is 12.3. The van der Waals surface area contributed by atoms with Crippen molar-refractivity contribution in [2.75, 3.05) is 7.11 Å². The van der Waals surface area contributed by atoms with Gasteiger partial charge in [-0.25, -0.2) is 0 Å². The highest BCUT2D eigenvalue weighted by molar-refractivity contribution is 5.78. The van der Waals surface area contributed by atoms with Crippen molar-refractivity contribution in [1.29, 1.82) is 0 Å². The van der Waals surface area contributed by atoms with Crippen LogP contribution < -0.4 is 10.1 Å². The Morgan fingerprint density at radius 3 is 2.38 bits per heavy atom. The summed E-state index contributed by atoms with van der Waals surface area (Å²) in [6.45, 7) is 4.23. The van der Waals surface area contributed by atoms with Crippen LogP contribution >= 0.6 is 0 Å². The molecule has 0 aliphatic heterocycles. The fourth-order valence-corrected chi connectivity index (χ4v) is 2.95. The molecule has 0 spiro atoms. The number of hydrogen-bond donors (Lipinski definition) is 2. The van der Waals surface area contributed by atoms with Gasteiger partial charge in [0.1, 0.15) is 5.75 Å². The second-order valence-electron chi connectivity index (χ2n) is 6.32. The van der Waals surface area contributed by atoms with E-state index in [4.69, 9.17) is 4.74 Å². The molecular weight excluding hydrogens is 334 g/mol. The van der Waals surface area contributed by atoms with Gasteiger partial charge in [-0.2, -0.15) is 5.10 Å². The van der Waals surface area contributed by atoms with Gasteiger partial charge in [-0.1, -0.05) is 12.1 Å². The average molecular weight is 359 g/mol. The zero-order valence-electron chi connectivity index (χ0n) is 15.6. The number of carboxylic acids is 1. The van der Waals surface area contributed by atoms with Gasteiger partial charge in [0.15, 0.2) is 0 Å². The van der Waals surface area contributed by atoms with Gasteiger partial charge in [0.05, 0.1) is 19.2 Å². The molecule has 1 heterocycles. The number of carboxylic acid groups (broad SMARTS) is 1. The summed E-state index contributed by atoms with van der Waals surface area (Å²) in [4.78, 5) is 23.6. The zero-order chi connectivity index (χ0) is 19.3. The molecule has 1 aromatic carbocycles. The third-order valence-corrected chi connectivity index (χ3v) is 4.56. The van der Waals surface area contributed by atoms with Crippen molar-refractivity contribution in [2.45, 2.75) is 39.2 Å². The van der Waals surface area contributed by atoms with E-state index < -0.39 is 11.9 Å². The SMILES string of the molecule is COc1ccc([C@H](CC(=O)O)CC(=O)NCc2c(C)nn(C)c2C)cc1. The quantitative estimate of drug-likeness (QED) is 0.754. The summed E-state index contributed by atoms with van der Waals surface area (Å²) in [5.41, 5.74) is 3.67. The molecule has 26 heavy (non-hydrogen) atoms. The molecule has 2 rings (SSSR count). The van der Waals surface area contributed by atoms with E-state index in [1.165, 1.54) is 0 Å². The predicted octanol–water partition coefficient (Wildman–Crippen LogP) is 2.31. The summed E-state index contributed by atoms with van der Waals surface area (Å²) in [7, 11) is 3.43. The van der Waals surface area contributed by atoms with Crippen LogP contribution in [0.15, 0.2) is 24.3 Å². The van der Waals surface area contributed by atoms with Crippen molar-refractivity contribution in [3.05, 3.63) is 46.8 Å². The minimum absolute atomic E-state index is 0.106. The molecular formula is C19H25N3O4. The minimum atomic E-state index is -0.933. The second-order valence-corrected chi connectivity index (χ2v) is 6.32. The number of carbonyl (C=O) groups is 2. The van der Waals surface area contributed by atoms with Gasteiger partial charge in [0.25, 0.3) is 0 Å². The molecule has 7 nitrogen and oxygen atoms in total. The third-order valence-electron chi connectivity index (χ3n) is 4.56. The minimum Gasteiger partial charge on any atom is -0.497 e. The molecule has 1 amide bonds. The molecule has 2 N–H and O–H groups in total. The molecule has 2 aromatic rings. The Bertz CT molecular complexity index is 781. The van der Waals surface area contributed by atoms with Gasteiger partial charge >= 0.3 is 5.97 Å². The molecule has 1 aromatic heterocycles. The fourth-order valence-electron chi connectivity index (χ4n) is 2.95. The number of aromatic nitrogens is 2. The first-order valence-electron chi connectivity index (χ1n) is 8.43. The van der Waals surface area contributed by atoms with Gasteiger partial charge in [0, 0.05) is 37.2 Å². The number of hydrogen-bond acceptors (Lipinski definition) is 4. The van der Waals surface area contributed by atoms with Crippen molar-refractivity contribution in [3.8, 4) is 5.75 Å². The summed E-state index contributed by atoms with van der Waals surface area (Å²) < 4.78 is 6.90. The number of nitrogens with zero attached hydrogens (tertiary/aromatic N) is 2. The van der Waals surface area contributed by atoms with Crippen molar-refractivity contribution >= 4 is 11.9 Å². The molecule has 0 unspecified atom stereocenters. The number of aryl methyl sites for hydroxylation is 2. The highest BCUT2D eigenvalue weighted by atomic mass is 16.5. The van der Waals surface area contributed by atoms with Crippen LogP contribution in [0.2, 0.25) is 0 Å². The lowest BCUT2D eigenvalue weighted by Crippen LogP contribution is -2.26. The van der Waals surface area contributed by atoms with Crippen molar-refractivity contribution < 1.29 is 19.4 Å². The van der Waals surface area contributed by atoms with Crippen LogP contribution in [0.4, 0.5) is 0 Å². The Morgan fingerprint density at radius 2 is 1.88 bits per heavy atom. The number of nitrogens with one attached hydrogen (secondary N) is 1. The van der Waals surface area contributed by atoms with Crippen LogP contribution in [0, 0.1) is 13.8 Å². The molecule has 0 saturated heterocycles. The topological polar surface area (TPSA) is 93.4 Å². The zero-order valence-corrected chi connectivity index (χ0v) is 15.6. The number of benzene rings is 1. The van der Waals surface area contributed by atoms with E-state index in [2.05, 4.69) is 10.4 Å². The largest absolute Gasteiger partial charge is 0.497 e. The van der Waals surface area contributed by atoms with Gasteiger partial charge in [-0.05, 0) is 31.5 Å². The lowest BCUT2D eigenvalue weighted by molar-refractivity contribution is -0.137. The fraction of sp³-hybridized carbons (Fsp3) is 0.421. The van der Waals surface area contributed by atoms with Gasteiger partial charge in [0.2, 0.25) is 5.91 Å². The van der Waals surface area contributed by atoms with Crippen LogP contribution in [0.25, 0.3) is 0 Å². The maximum absolute atomic E-state index is 12.4. The van der Waals surface area contributed by atoms with E-state index in [0.717, 1.165) is 22.5 Å². The average Bonchev–Trinajstić information content (AvgIpc) is 2.84. The van der Waals surface area contributed by atoms with Crippen LogP contribution in [0.3, 0.4) is 0 Å². The molecule has 1 atom stereocenters. The maximum Gasteiger partial charge on any atom is 0.303 e. The third kappa shape index (κ3) is 4.84. The Kier molecular flexibility index (Phi) is 6.38. The number of rotatable bonds is 8. The van der Waals surface area contributed by atoms with Crippen molar-refractivity contribution in [1.82, 2.24) is 15.1 Å². The second kappa shape index (κ2) is 8.51. The van der Waals surface area contributed by atoms with E-state index in [1.807, 2.05) is 20.9 Å². The summed E-state index contributed by atoms with van der Waals surface area (Å²) in [6, 6.07) is 7.14. The number of amides is 1. The van der Waals surface area contributed by atoms with Crippen molar-refractivity contribution in [2.24, 2.45) is 7.05 Å². The maximum atomic E-state index is 12.4. The molecule has 0 bridgehead atoms. The van der Waals surface area contributed by atoms with Gasteiger partial charge in [-0.15, -0.1) is 0 Å². The molecule has 7 heteroatoms. The lowest BCUT2D eigenvalue weighted by atomic mass is 9.92. The Balaban J connectivity index is 2.04. The standard InChI is InChI=1S/C19H25N3O4/c1-12-17(13(2)22(3)21-12)11-20-18(23)9-15(10-19(24)25)14-5-7-16(26-4)8-6-14/h5-8,15H,9-11H2,1-4H3,(H,20,23)(H,24,25)/t15-/m0/s1. The lowest BCUT2D eigenvalue weighted by Gasteiger charge is -2.16. The summed E-state index contributed by atoms with van der Waals surface area (Å²) in [6.07, 6.45) is 0.00167. The van der Waals surface area contributed by atoms with Crippen LogP contribution in [-0.2, 0) is 23.2 Å². The number of ether oxygens (including phenoxy) is 1. The summed E-state index contributed by atoms with van der Waals surface area (Å²) >= 11 is 0. The van der Waals surface area contributed by atoms with Crippen LogP contribution in [0.1, 0.15) is 41.3 Å². The monoisotopic (exact) mass is 359 g/mol. The van der Waals surface area contributed by atoms with E-state index >= 15 is 0 Å². The molecule has 0 saturated carbocycles. The first-order valence-corrected chi connectivity index (χ1v) is 8.43. The molecule has 140 valence electrons. The molecule has 0 radical (unpaired) electrons. The summed E-state index contributed by atoms with van der Waals surface area (Å²) in [5, 5.41) is 16.4. The Labute approximate surface area is 153 Å². The Morgan fingerprint density at radius 1 is 1.23 bits per heavy atom. The van der Waals surface area contributed by atoms with E-state index in [1.54, 1.807) is 36.1 Å². The predicted molar refractivity (Wildman–Crippen MR) is 97.1 cm³/mol. The highest BCUT2D eigenvalue weighted by Crippen LogP contribution is 2.25. The number of aliphatic carboxylic acids is 1. The van der Waals surface area contributed by atoms with E-state index in [-0.39, 0.29) is 18.7 Å². The highest BCUT2D eigenvalue weighted by Gasteiger charge is 2.20. The number of methoxy groups -OCH3 is 1. The Hall–Kier alpha value is -2.83. The normalized spacial score (nSPS) is 11.8. The summed E-state index contributed by atoms with van der Waals surface area (Å²) in [5.74, 6) is -0.823. The van der Waals surface area contributed by atoms with E-state index in [9.17, 15) is 14.7 Å². The van der Waals surface area contributed by atoms with Gasteiger partial charge < -0.3 is 15.2 Å². The van der Waals surface area contributed by atoms with E-state index in [0.29, 0.717) is 12.3 Å². The molecule has 0 aliphatic rings. The van der Waals surface area contributed by atoms with Crippen LogP contribution in [-0.4, -0.2) is 33.9 Å². The number of carbonyl (C=O) groups excluding carboxylic acids is 1. The molecule has 0 fully saturated rings. The molecule has 0 aliphatic carbocycles. The van der Waals surface area contributed by atoms with Crippen LogP contribution in [0.5, 0.6) is 5.75 Å². The van der Waals surface area contributed by atoms with Gasteiger partial charge in [-0.3, -0.25) is 14.3 Å². The smallest absolute Gasteiger partial charge is 0.303 e. The first kappa shape index (κ1) is 19.5. The van der Waals surface area contributed by atoms with Crippen molar-refractivity contribution in [3.63, 3.8) is 0 Å².